The van der Waals surface area contributed by atoms with Crippen LogP contribution in [0.3, 0.4) is 0 Å². The monoisotopic (exact) mass is 668 g/mol. The van der Waals surface area contributed by atoms with Gasteiger partial charge in [-0.15, -0.1) is 0 Å². The molecular weight excluding hydrogens is 629 g/mol. The van der Waals surface area contributed by atoms with E-state index >= 15 is 0 Å². The van der Waals surface area contributed by atoms with Crippen molar-refractivity contribution >= 4 is 45.8 Å². The Bertz CT molecular complexity index is 2100. The largest absolute Gasteiger partial charge is 0.494 e. The highest BCUT2D eigenvalue weighted by Crippen LogP contribution is 2.45. The second-order valence-corrected chi connectivity index (χ2v) is 13.9. The number of carbonyl (C=O) groups is 1. The van der Waals surface area contributed by atoms with Gasteiger partial charge in [-0.2, -0.15) is 10.00 Å². The number of amides is 1. The lowest BCUT2D eigenvalue weighted by molar-refractivity contribution is -0.594. The molecule has 242 valence electrons. The Morgan fingerprint density at radius 3 is 2.47 bits per heavy atom. The Balaban J connectivity index is 1.35. The first-order chi connectivity index (χ1) is 22.5. The van der Waals surface area contributed by atoms with Crippen molar-refractivity contribution in [2.45, 2.75) is 66.3 Å². The number of hydrogen-bond donors (Lipinski definition) is 0. The molecule has 0 aliphatic carbocycles. The third kappa shape index (κ3) is 5.06. The van der Waals surface area contributed by atoms with Gasteiger partial charge in [0.2, 0.25) is 0 Å². The van der Waals surface area contributed by atoms with Crippen LogP contribution in [0.15, 0.2) is 54.7 Å². The molecule has 0 saturated heterocycles. The molecule has 1 amide bonds. The van der Waals surface area contributed by atoms with Crippen LogP contribution in [0.25, 0.3) is 27.9 Å². The van der Waals surface area contributed by atoms with Crippen molar-refractivity contribution in [3.63, 3.8) is 0 Å². The number of pyridine rings is 1. The Hall–Kier alpha value is -4.07. The number of hydrogen-bond acceptors (Lipinski definition) is 3. The molecule has 47 heavy (non-hydrogen) atoms. The number of carbonyl (C=O) groups excluding carboxylic acids is 1. The zero-order valence-corrected chi connectivity index (χ0v) is 29.5. The maximum Gasteiger partial charge on any atom is 0.358 e. The predicted octanol–water partition coefficient (Wildman–Crippen LogP) is 8.51. The van der Waals surface area contributed by atoms with E-state index < -0.39 is 0 Å². The molecule has 0 spiro atoms. The molecule has 0 N–H and O–H groups in total. The van der Waals surface area contributed by atoms with E-state index in [9.17, 15) is 4.79 Å². The predicted molar refractivity (Wildman–Crippen MR) is 188 cm³/mol. The van der Waals surface area contributed by atoms with Gasteiger partial charge in [-0.05, 0) is 94.5 Å². The van der Waals surface area contributed by atoms with Gasteiger partial charge in [0.25, 0.3) is 5.82 Å². The van der Waals surface area contributed by atoms with Crippen LogP contribution in [0, 0.1) is 27.7 Å². The highest BCUT2D eigenvalue weighted by Gasteiger charge is 2.44. The molecule has 2 aromatic carbocycles. The van der Waals surface area contributed by atoms with Crippen molar-refractivity contribution in [1.82, 2.24) is 19.2 Å². The molecule has 0 bridgehead atoms. The fourth-order valence-corrected chi connectivity index (χ4v) is 7.93. The SMILES string of the molecule is Cc1cc(OCCCc2c3n(c4c(-c5c(C)nn(C)c5C)c(Cl)ccc24)[C@H](C)CN(C2=CC(C)c4cccc[n+]42)C3=O)cc(C)c1Cl. The first kappa shape index (κ1) is 31.5. The summed E-state index contributed by atoms with van der Waals surface area (Å²) in [5.41, 5.74) is 9.80. The van der Waals surface area contributed by atoms with Crippen LogP contribution in [-0.4, -0.2) is 38.3 Å². The van der Waals surface area contributed by atoms with E-state index in [4.69, 9.17) is 33.0 Å². The number of aryl methyl sites for hydroxylation is 5. The molecule has 0 fully saturated rings. The third-order valence-corrected chi connectivity index (χ3v) is 10.8. The molecule has 9 heteroatoms. The summed E-state index contributed by atoms with van der Waals surface area (Å²) in [5.74, 6) is 1.93. The minimum absolute atomic E-state index is 0.00326. The smallest absolute Gasteiger partial charge is 0.358 e. The van der Waals surface area contributed by atoms with Crippen molar-refractivity contribution in [3.05, 3.63) is 104 Å². The van der Waals surface area contributed by atoms with Gasteiger partial charge >= 0.3 is 5.91 Å². The molecule has 2 aliphatic rings. The summed E-state index contributed by atoms with van der Waals surface area (Å²) in [6.45, 7) is 13.5. The van der Waals surface area contributed by atoms with Crippen LogP contribution in [-0.2, 0) is 13.5 Å². The molecule has 3 aromatic heterocycles. The lowest BCUT2D eigenvalue weighted by atomic mass is 9.98. The van der Waals surface area contributed by atoms with E-state index in [1.807, 2.05) is 61.7 Å². The molecule has 2 aliphatic heterocycles. The molecule has 2 atom stereocenters. The molecule has 0 saturated carbocycles. The summed E-state index contributed by atoms with van der Waals surface area (Å²) < 4.78 is 12.5. The molecular formula is C38H40Cl2N5O2+. The van der Waals surface area contributed by atoms with Crippen molar-refractivity contribution in [2.24, 2.45) is 7.05 Å². The molecule has 1 unspecified atom stereocenters. The first-order valence-electron chi connectivity index (χ1n) is 16.3. The van der Waals surface area contributed by atoms with Gasteiger partial charge < -0.3 is 9.30 Å². The summed E-state index contributed by atoms with van der Waals surface area (Å²) in [4.78, 5) is 16.8. The van der Waals surface area contributed by atoms with E-state index in [-0.39, 0.29) is 17.9 Å². The summed E-state index contributed by atoms with van der Waals surface area (Å²) in [7, 11) is 1.96. The average Bonchev–Trinajstić information content (AvgIpc) is 3.64. The van der Waals surface area contributed by atoms with Crippen LogP contribution >= 0.6 is 23.2 Å². The van der Waals surface area contributed by atoms with Gasteiger partial charge in [0.15, 0.2) is 0 Å². The van der Waals surface area contributed by atoms with Crippen molar-refractivity contribution in [3.8, 4) is 16.9 Å². The van der Waals surface area contributed by atoms with Gasteiger partial charge in [0.05, 0.1) is 35.1 Å². The number of ether oxygens (including phenoxy) is 1. The number of rotatable bonds is 7. The molecule has 5 heterocycles. The molecule has 7 rings (SSSR count). The first-order valence-corrected chi connectivity index (χ1v) is 17.0. The average molecular weight is 670 g/mol. The zero-order valence-electron chi connectivity index (χ0n) is 28.0. The van der Waals surface area contributed by atoms with Gasteiger partial charge in [0, 0.05) is 46.3 Å². The van der Waals surface area contributed by atoms with Gasteiger partial charge in [0.1, 0.15) is 23.7 Å². The van der Waals surface area contributed by atoms with Gasteiger partial charge in [-0.25, -0.2) is 9.36 Å². The third-order valence-electron chi connectivity index (χ3n) is 9.84. The standard InChI is InChI=1S/C38H40Cl2N5O2/c1-21-19-32(43-15-9-8-12-31(21)43)44-20-24(4)45-36-29(13-14-30(39)34(36)33-25(5)41-42(7)26(33)6)28(37(45)38(44)46)11-10-16-47-27-17-22(2)35(40)23(3)18-27/h8-9,12-15,17-19,21,24H,10-11,16,20H2,1-7H3/q+1/t21?,24-/m1/s1. The lowest BCUT2D eigenvalue weighted by Gasteiger charge is -2.29. The fraction of sp³-hybridized carbons (Fsp3) is 0.342. The quantitative estimate of drug-likeness (QED) is 0.129. The Morgan fingerprint density at radius 2 is 1.77 bits per heavy atom. The summed E-state index contributed by atoms with van der Waals surface area (Å²) in [5, 5.41) is 7.19. The normalized spacial score (nSPS) is 17.3. The van der Waals surface area contributed by atoms with E-state index in [1.165, 1.54) is 5.69 Å². The van der Waals surface area contributed by atoms with E-state index in [0.29, 0.717) is 24.6 Å². The van der Waals surface area contributed by atoms with Crippen molar-refractivity contribution in [2.75, 3.05) is 13.2 Å². The lowest BCUT2D eigenvalue weighted by Crippen LogP contribution is -2.49. The zero-order chi connectivity index (χ0) is 33.3. The Morgan fingerprint density at radius 1 is 1.02 bits per heavy atom. The number of halogens is 2. The van der Waals surface area contributed by atoms with Crippen molar-refractivity contribution in [1.29, 1.82) is 0 Å². The van der Waals surface area contributed by atoms with Crippen LogP contribution < -0.4 is 9.30 Å². The summed E-state index contributed by atoms with van der Waals surface area (Å²) in [6.07, 6.45) is 5.65. The van der Waals surface area contributed by atoms with Gasteiger partial charge in [-0.1, -0.05) is 42.3 Å². The minimum atomic E-state index is -0.00529. The maximum atomic E-state index is 14.8. The van der Waals surface area contributed by atoms with E-state index in [1.54, 1.807) is 0 Å². The number of aromatic nitrogens is 4. The van der Waals surface area contributed by atoms with Crippen LogP contribution in [0.4, 0.5) is 0 Å². The topological polar surface area (TPSA) is 56.2 Å². The van der Waals surface area contributed by atoms with Crippen molar-refractivity contribution < 1.29 is 14.1 Å². The maximum absolute atomic E-state index is 14.8. The number of benzene rings is 2. The summed E-state index contributed by atoms with van der Waals surface area (Å²) in [6, 6.07) is 14.2. The van der Waals surface area contributed by atoms with E-state index in [2.05, 4.69) is 60.4 Å². The highest BCUT2D eigenvalue weighted by molar-refractivity contribution is 6.35. The number of allylic oxidation sites excluding steroid dienone is 1. The second kappa shape index (κ2) is 11.9. The summed E-state index contributed by atoms with van der Waals surface area (Å²) >= 11 is 13.5. The number of nitrogens with zero attached hydrogens (tertiary/aromatic N) is 5. The Labute approximate surface area is 286 Å². The van der Waals surface area contributed by atoms with Crippen LogP contribution in [0.1, 0.15) is 76.5 Å². The van der Waals surface area contributed by atoms with Crippen LogP contribution in [0.2, 0.25) is 10.0 Å². The molecule has 5 aromatic rings. The second-order valence-electron chi connectivity index (χ2n) is 13.1. The number of fused-ring (bicyclic) bond motifs is 4. The van der Waals surface area contributed by atoms with Crippen LogP contribution in [0.5, 0.6) is 5.75 Å². The fourth-order valence-electron chi connectivity index (χ4n) is 7.57. The minimum Gasteiger partial charge on any atom is -0.494 e. The molecule has 0 radical (unpaired) electrons. The Kier molecular flexibility index (Phi) is 7.96. The van der Waals surface area contributed by atoms with E-state index in [0.717, 1.165) is 78.8 Å². The van der Waals surface area contributed by atoms with Gasteiger partial charge in [-0.3, -0.25) is 4.68 Å². The highest BCUT2D eigenvalue weighted by atomic mass is 35.5. The molecule has 7 nitrogen and oxygen atoms in total.